The zero-order valence-corrected chi connectivity index (χ0v) is 18.3. The fourth-order valence-corrected chi connectivity index (χ4v) is 3.37. The van der Waals surface area contributed by atoms with Crippen LogP contribution in [0.1, 0.15) is 18.5 Å². The SMILES string of the molecule is CCOC(=O)C1=C(CNc2ccc(I)cc2)NC(=O)NC1c1ccc(OC)cc1. The molecular weight excluding hydrogens is 485 g/mol. The van der Waals surface area contributed by atoms with E-state index < -0.39 is 12.0 Å². The second-order valence-electron chi connectivity index (χ2n) is 6.28. The van der Waals surface area contributed by atoms with Gasteiger partial charge in [0.2, 0.25) is 0 Å². The van der Waals surface area contributed by atoms with Crippen molar-refractivity contribution in [3.63, 3.8) is 0 Å². The lowest BCUT2D eigenvalue weighted by Crippen LogP contribution is -2.47. The van der Waals surface area contributed by atoms with Gasteiger partial charge in [0.25, 0.3) is 0 Å². The minimum Gasteiger partial charge on any atom is -0.497 e. The summed E-state index contributed by atoms with van der Waals surface area (Å²) in [6.45, 7) is 2.26. The van der Waals surface area contributed by atoms with Gasteiger partial charge in [-0.2, -0.15) is 0 Å². The number of carbonyl (C=O) groups is 2. The number of benzene rings is 2. The van der Waals surface area contributed by atoms with E-state index in [0.717, 1.165) is 14.8 Å². The van der Waals surface area contributed by atoms with Crippen molar-refractivity contribution in [2.24, 2.45) is 0 Å². The predicted molar refractivity (Wildman–Crippen MR) is 119 cm³/mol. The topological polar surface area (TPSA) is 88.7 Å². The molecule has 2 amide bonds. The van der Waals surface area contributed by atoms with Crippen LogP contribution in [0, 0.1) is 3.57 Å². The molecule has 0 fully saturated rings. The molecule has 0 bridgehead atoms. The molecule has 3 N–H and O–H groups in total. The summed E-state index contributed by atoms with van der Waals surface area (Å²) in [4.78, 5) is 25.1. The lowest BCUT2D eigenvalue weighted by Gasteiger charge is -2.29. The maximum absolute atomic E-state index is 12.8. The molecule has 1 aliphatic heterocycles. The molecule has 0 spiro atoms. The molecule has 0 saturated heterocycles. The number of esters is 1. The van der Waals surface area contributed by atoms with Crippen LogP contribution in [0.3, 0.4) is 0 Å². The van der Waals surface area contributed by atoms with E-state index in [0.29, 0.717) is 17.0 Å². The van der Waals surface area contributed by atoms with Crippen LogP contribution in [0.2, 0.25) is 0 Å². The Morgan fingerprint density at radius 3 is 2.45 bits per heavy atom. The molecular formula is C21H22IN3O4. The van der Waals surface area contributed by atoms with Gasteiger partial charge in [0.15, 0.2) is 0 Å². The van der Waals surface area contributed by atoms with E-state index in [1.54, 1.807) is 26.2 Å². The third-order valence-electron chi connectivity index (χ3n) is 4.41. The van der Waals surface area contributed by atoms with E-state index in [9.17, 15) is 9.59 Å². The second kappa shape index (κ2) is 9.64. The molecule has 1 unspecified atom stereocenters. The molecule has 1 aliphatic rings. The van der Waals surface area contributed by atoms with Crippen molar-refractivity contribution in [3.05, 3.63) is 68.9 Å². The first-order valence-electron chi connectivity index (χ1n) is 9.13. The Hall–Kier alpha value is -2.75. The molecule has 0 saturated carbocycles. The summed E-state index contributed by atoms with van der Waals surface area (Å²) in [7, 11) is 1.58. The molecule has 8 heteroatoms. The third-order valence-corrected chi connectivity index (χ3v) is 5.13. The normalized spacial score (nSPS) is 16.0. The molecule has 1 atom stereocenters. The number of nitrogens with one attached hydrogen (secondary N) is 3. The van der Waals surface area contributed by atoms with Crippen LogP contribution in [0.15, 0.2) is 59.8 Å². The minimum absolute atomic E-state index is 0.240. The lowest BCUT2D eigenvalue weighted by atomic mass is 9.95. The molecule has 0 aliphatic carbocycles. The van der Waals surface area contributed by atoms with Crippen molar-refractivity contribution >= 4 is 40.3 Å². The number of carbonyl (C=O) groups excluding carboxylic acids is 2. The molecule has 3 rings (SSSR count). The number of hydrogen-bond donors (Lipinski definition) is 3. The average molecular weight is 507 g/mol. The summed E-state index contributed by atoms with van der Waals surface area (Å²) in [6, 6.07) is 14.0. The zero-order valence-electron chi connectivity index (χ0n) is 16.1. The number of methoxy groups -OCH3 is 1. The summed E-state index contributed by atoms with van der Waals surface area (Å²) in [6.07, 6.45) is 0. The third kappa shape index (κ3) is 5.20. The molecule has 1 heterocycles. The maximum atomic E-state index is 12.8. The van der Waals surface area contributed by atoms with Gasteiger partial charge in [0.05, 0.1) is 37.6 Å². The maximum Gasteiger partial charge on any atom is 0.338 e. The Morgan fingerprint density at radius 1 is 1.14 bits per heavy atom. The van der Waals surface area contributed by atoms with E-state index in [4.69, 9.17) is 9.47 Å². The van der Waals surface area contributed by atoms with Crippen LogP contribution >= 0.6 is 22.6 Å². The summed E-state index contributed by atoms with van der Waals surface area (Å²) in [5.74, 6) is 0.219. The van der Waals surface area contributed by atoms with E-state index in [2.05, 4.69) is 38.5 Å². The highest BCUT2D eigenvalue weighted by molar-refractivity contribution is 14.1. The van der Waals surface area contributed by atoms with Gasteiger partial charge in [0, 0.05) is 9.26 Å². The Labute approximate surface area is 183 Å². The number of ether oxygens (including phenoxy) is 2. The predicted octanol–water partition coefficient (Wildman–Crippen LogP) is 3.58. The largest absolute Gasteiger partial charge is 0.497 e. The Balaban J connectivity index is 1.94. The lowest BCUT2D eigenvalue weighted by molar-refractivity contribution is -0.139. The van der Waals surface area contributed by atoms with Gasteiger partial charge in [-0.15, -0.1) is 0 Å². The summed E-state index contributed by atoms with van der Waals surface area (Å²) < 4.78 is 11.6. The van der Waals surface area contributed by atoms with E-state index >= 15 is 0 Å². The Kier molecular flexibility index (Phi) is 6.97. The first-order valence-corrected chi connectivity index (χ1v) is 10.2. The number of rotatable bonds is 7. The highest BCUT2D eigenvalue weighted by atomic mass is 127. The molecule has 2 aromatic carbocycles. The summed E-state index contributed by atoms with van der Waals surface area (Å²) in [5, 5.41) is 8.81. The molecule has 152 valence electrons. The van der Waals surface area contributed by atoms with Gasteiger partial charge >= 0.3 is 12.0 Å². The smallest absolute Gasteiger partial charge is 0.338 e. The van der Waals surface area contributed by atoms with Gasteiger partial charge < -0.3 is 25.4 Å². The van der Waals surface area contributed by atoms with Crippen molar-refractivity contribution in [2.75, 3.05) is 25.6 Å². The standard InChI is InChI=1S/C21H22IN3O4/c1-3-29-20(26)18-17(12-23-15-8-6-14(22)7-9-15)24-21(27)25-19(18)13-4-10-16(28-2)11-5-13/h4-11,19,23H,3,12H2,1-2H3,(H2,24,25,27). The fourth-order valence-electron chi connectivity index (χ4n) is 3.01. The quantitative estimate of drug-likeness (QED) is 0.394. The molecule has 0 aromatic heterocycles. The van der Waals surface area contributed by atoms with Gasteiger partial charge in [0.1, 0.15) is 5.75 Å². The van der Waals surface area contributed by atoms with Gasteiger partial charge in [-0.05, 0) is 71.5 Å². The number of anilines is 1. The Morgan fingerprint density at radius 2 is 1.83 bits per heavy atom. The van der Waals surface area contributed by atoms with Crippen LogP contribution in [0.4, 0.5) is 10.5 Å². The van der Waals surface area contributed by atoms with Crippen molar-refractivity contribution < 1.29 is 19.1 Å². The van der Waals surface area contributed by atoms with E-state index in [-0.39, 0.29) is 19.2 Å². The number of amides is 2. The fraction of sp³-hybridized carbons (Fsp3) is 0.238. The van der Waals surface area contributed by atoms with E-state index in [1.165, 1.54) is 0 Å². The van der Waals surface area contributed by atoms with Gasteiger partial charge in [-0.25, -0.2) is 9.59 Å². The summed E-state index contributed by atoms with van der Waals surface area (Å²) >= 11 is 2.23. The van der Waals surface area contributed by atoms with Gasteiger partial charge in [-0.1, -0.05) is 12.1 Å². The number of urea groups is 1. The van der Waals surface area contributed by atoms with Crippen molar-refractivity contribution in [3.8, 4) is 5.75 Å². The van der Waals surface area contributed by atoms with Crippen LogP contribution in [0.5, 0.6) is 5.75 Å². The van der Waals surface area contributed by atoms with Crippen molar-refractivity contribution in [1.82, 2.24) is 10.6 Å². The van der Waals surface area contributed by atoms with Crippen molar-refractivity contribution in [2.45, 2.75) is 13.0 Å². The van der Waals surface area contributed by atoms with E-state index in [1.807, 2.05) is 36.4 Å². The van der Waals surface area contributed by atoms with Crippen LogP contribution in [-0.4, -0.2) is 32.3 Å². The first-order chi connectivity index (χ1) is 14.0. The van der Waals surface area contributed by atoms with Crippen molar-refractivity contribution in [1.29, 1.82) is 0 Å². The summed E-state index contributed by atoms with van der Waals surface area (Å²) in [5.41, 5.74) is 2.49. The van der Waals surface area contributed by atoms with Crippen LogP contribution in [-0.2, 0) is 9.53 Å². The highest BCUT2D eigenvalue weighted by Crippen LogP contribution is 2.29. The molecule has 29 heavy (non-hydrogen) atoms. The van der Waals surface area contributed by atoms with Gasteiger partial charge in [-0.3, -0.25) is 0 Å². The molecule has 0 radical (unpaired) electrons. The molecule has 2 aromatic rings. The minimum atomic E-state index is -0.623. The zero-order chi connectivity index (χ0) is 20.8. The average Bonchev–Trinajstić information content (AvgIpc) is 2.73. The first kappa shape index (κ1) is 21.0. The molecule has 7 nitrogen and oxygen atoms in total. The monoisotopic (exact) mass is 507 g/mol. The van der Waals surface area contributed by atoms with Crippen LogP contribution < -0.4 is 20.7 Å². The number of halogens is 1. The highest BCUT2D eigenvalue weighted by Gasteiger charge is 2.33. The van der Waals surface area contributed by atoms with Crippen LogP contribution in [0.25, 0.3) is 0 Å². The second-order valence-corrected chi connectivity index (χ2v) is 7.52. The number of hydrogen-bond acceptors (Lipinski definition) is 5. The Bertz CT molecular complexity index is 911.